The number of hydrogen-bond donors (Lipinski definition) is 1. The first-order valence-corrected chi connectivity index (χ1v) is 8.92. The van der Waals surface area contributed by atoms with Crippen LogP contribution in [-0.2, 0) is 6.54 Å². The largest absolute Gasteiger partial charge is 0.345 e. The molecule has 3 aromatic heterocycles. The van der Waals surface area contributed by atoms with E-state index in [0.717, 1.165) is 22.0 Å². The zero-order valence-electron chi connectivity index (χ0n) is 13.7. The van der Waals surface area contributed by atoms with E-state index in [0.29, 0.717) is 12.2 Å². The Morgan fingerprint density at radius 2 is 1.96 bits per heavy atom. The summed E-state index contributed by atoms with van der Waals surface area (Å²) in [4.78, 5) is 20.9. The Morgan fingerprint density at radius 3 is 2.77 bits per heavy atom. The van der Waals surface area contributed by atoms with Gasteiger partial charge in [-0.15, -0.1) is 11.3 Å². The predicted octanol–water partition coefficient (Wildman–Crippen LogP) is 3.32. The minimum atomic E-state index is -0.214. The Balaban J connectivity index is 1.46. The van der Waals surface area contributed by atoms with Crippen molar-refractivity contribution < 1.29 is 4.79 Å². The molecule has 4 aromatic rings. The van der Waals surface area contributed by atoms with Crippen molar-refractivity contribution in [2.45, 2.75) is 6.54 Å². The van der Waals surface area contributed by atoms with E-state index < -0.39 is 0 Å². The number of benzene rings is 1. The van der Waals surface area contributed by atoms with E-state index in [1.807, 2.05) is 54.7 Å². The highest BCUT2D eigenvalue weighted by atomic mass is 32.1. The van der Waals surface area contributed by atoms with Crippen LogP contribution in [0, 0.1) is 0 Å². The van der Waals surface area contributed by atoms with Crippen LogP contribution in [0.4, 0.5) is 0 Å². The van der Waals surface area contributed by atoms with Gasteiger partial charge in [0.1, 0.15) is 10.7 Å². The average molecular weight is 361 g/mol. The summed E-state index contributed by atoms with van der Waals surface area (Å²) in [6, 6.07) is 15.4. The number of thiazole rings is 1. The second kappa shape index (κ2) is 7.28. The molecule has 1 N–H and O–H groups in total. The summed E-state index contributed by atoms with van der Waals surface area (Å²) in [5.41, 5.74) is 3.06. The lowest BCUT2D eigenvalue weighted by Gasteiger charge is -2.01. The molecular weight excluding hydrogens is 346 g/mol. The maximum atomic E-state index is 12.3. The molecule has 128 valence electrons. The van der Waals surface area contributed by atoms with Crippen LogP contribution in [-0.4, -0.2) is 25.7 Å². The topological polar surface area (TPSA) is 72.7 Å². The number of aromatic nitrogens is 4. The molecule has 0 fully saturated rings. The van der Waals surface area contributed by atoms with Gasteiger partial charge >= 0.3 is 0 Å². The Kier molecular flexibility index (Phi) is 4.53. The molecule has 6 nitrogen and oxygen atoms in total. The second-order valence-corrected chi connectivity index (χ2v) is 6.41. The fourth-order valence-corrected chi connectivity index (χ4v) is 3.21. The van der Waals surface area contributed by atoms with Crippen LogP contribution in [0.3, 0.4) is 0 Å². The summed E-state index contributed by atoms with van der Waals surface area (Å²) in [7, 11) is 0. The van der Waals surface area contributed by atoms with E-state index in [1.165, 1.54) is 11.3 Å². The number of nitrogens with zero attached hydrogens (tertiary/aromatic N) is 4. The minimum Gasteiger partial charge on any atom is -0.345 e. The molecule has 0 atom stereocenters. The van der Waals surface area contributed by atoms with Crippen molar-refractivity contribution in [1.82, 2.24) is 25.1 Å². The zero-order chi connectivity index (χ0) is 17.8. The van der Waals surface area contributed by atoms with Crippen LogP contribution >= 0.6 is 11.3 Å². The van der Waals surface area contributed by atoms with Crippen molar-refractivity contribution in [3.63, 3.8) is 0 Å². The number of amides is 1. The quantitative estimate of drug-likeness (QED) is 0.592. The third kappa shape index (κ3) is 3.52. The van der Waals surface area contributed by atoms with E-state index in [-0.39, 0.29) is 5.91 Å². The minimum absolute atomic E-state index is 0.214. The molecule has 26 heavy (non-hydrogen) atoms. The highest BCUT2D eigenvalue weighted by Gasteiger charge is 2.13. The van der Waals surface area contributed by atoms with E-state index in [4.69, 9.17) is 0 Å². The Morgan fingerprint density at radius 1 is 1.12 bits per heavy atom. The first kappa shape index (κ1) is 16.2. The van der Waals surface area contributed by atoms with Crippen LogP contribution in [0.1, 0.15) is 16.2 Å². The fraction of sp³-hybridized carbons (Fsp3) is 0.0526. The van der Waals surface area contributed by atoms with Crippen molar-refractivity contribution in [3.8, 4) is 16.3 Å². The number of carbonyl (C=O) groups is 1. The maximum absolute atomic E-state index is 12.3. The smallest absolute Gasteiger partial charge is 0.271 e. The Labute approximate surface area is 154 Å². The summed E-state index contributed by atoms with van der Waals surface area (Å²) in [5, 5.41) is 9.71. The number of pyridine rings is 1. The van der Waals surface area contributed by atoms with Crippen molar-refractivity contribution in [2.24, 2.45) is 0 Å². The van der Waals surface area contributed by atoms with E-state index >= 15 is 0 Å². The number of nitrogens with one attached hydrogen (secondary N) is 1. The van der Waals surface area contributed by atoms with Gasteiger partial charge in [-0.05, 0) is 24.3 Å². The first-order valence-electron chi connectivity index (χ1n) is 8.04. The molecule has 0 saturated heterocycles. The third-order valence-corrected chi connectivity index (χ3v) is 4.63. The number of para-hydroxylation sites is 1. The van der Waals surface area contributed by atoms with Gasteiger partial charge in [0.15, 0.2) is 0 Å². The zero-order valence-corrected chi connectivity index (χ0v) is 14.6. The van der Waals surface area contributed by atoms with Gasteiger partial charge < -0.3 is 5.32 Å². The van der Waals surface area contributed by atoms with Crippen molar-refractivity contribution >= 4 is 17.2 Å². The standard InChI is InChI=1S/C19H15N5OS/c25-18(21-11-15-6-4-5-9-20-15)17-13-26-19(23-17)14-10-22-24(12-14)16-7-2-1-3-8-16/h1-10,12-13H,11H2,(H,21,25). The Bertz CT molecular complexity index is 1010. The third-order valence-electron chi connectivity index (χ3n) is 3.74. The van der Waals surface area contributed by atoms with Gasteiger partial charge in [0, 0.05) is 23.3 Å². The molecule has 4 rings (SSSR count). The summed E-state index contributed by atoms with van der Waals surface area (Å²) >= 11 is 1.42. The van der Waals surface area contributed by atoms with Crippen LogP contribution in [0.25, 0.3) is 16.3 Å². The second-order valence-electron chi connectivity index (χ2n) is 5.55. The predicted molar refractivity (Wildman–Crippen MR) is 100 cm³/mol. The van der Waals surface area contributed by atoms with E-state index in [2.05, 4.69) is 20.4 Å². The average Bonchev–Trinajstić information content (AvgIpc) is 3.37. The van der Waals surface area contributed by atoms with Crippen molar-refractivity contribution in [2.75, 3.05) is 0 Å². The highest BCUT2D eigenvalue weighted by Crippen LogP contribution is 2.24. The van der Waals surface area contributed by atoms with Crippen LogP contribution in [0.5, 0.6) is 0 Å². The molecule has 0 spiro atoms. The van der Waals surface area contributed by atoms with Crippen LogP contribution in [0.15, 0.2) is 72.5 Å². The Hall–Kier alpha value is -3.32. The fourth-order valence-electron chi connectivity index (χ4n) is 2.43. The summed E-state index contributed by atoms with van der Waals surface area (Å²) in [5.74, 6) is -0.214. The van der Waals surface area contributed by atoms with Gasteiger partial charge in [0.05, 0.1) is 24.1 Å². The van der Waals surface area contributed by atoms with E-state index in [1.54, 1.807) is 22.5 Å². The molecule has 0 aliphatic rings. The SMILES string of the molecule is O=C(NCc1ccccn1)c1csc(-c2cnn(-c3ccccc3)c2)n1. The molecule has 0 unspecified atom stereocenters. The van der Waals surface area contributed by atoms with Gasteiger partial charge in [-0.25, -0.2) is 9.67 Å². The highest BCUT2D eigenvalue weighted by molar-refractivity contribution is 7.13. The maximum Gasteiger partial charge on any atom is 0.271 e. The molecule has 0 saturated carbocycles. The monoisotopic (exact) mass is 361 g/mol. The molecule has 1 aromatic carbocycles. The summed E-state index contributed by atoms with van der Waals surface area (Å²) in [6.45, 7) is 0.373. The molecule has 0 aliphatic heterocycles. The molecular formula is C19H15N5OS. The van der Waals surface area contributed by atoms with Crippen molar-refractivity contribution in [3.05, 3.63) is 83.9 Å². The number of hydrogen-bond acceptors (Lipinski definition) is 5. The van der Waals surface area contributed by atoms with Gasteiger partial charge in [-0.1, -0.05) is 24.3 Å². The number of rotatable bonds is 5. The van der Waals surface area contributed by atoms with Crippen LogP contribution < -0.4 is 5.32 Å². The first-order chi connectivity index (χ1) is 12.8. The van der Waals surface area contributed by atoms with Crippen molar-refractivity contribution in [1.29, 1.82) is 0 Å². The van der Waals surface area contributed by atoms with Gasteiger partial charge in [0.2, 0.25) is 0 Å². The number of carbonyl (C=O) groups excluding carboxylic acids is 1. The summed E-state index contributed by atoms with van der Waals surface area (Å²) < 4.78 is 1.79. The molecule has 0 bridgehead atoms. The molecule has 1 amide bonds. The molecule has 3 heterocycles. The van der Waals surface area contributed by atoms with Gasteiger partial charge in [-0.3, -0.25) is 9.78 Å². The summed E-state index contributed by atoms with van der Waals surface area (Å²) in [6.07, 6.45) is 5.36. The van der Waals surface area contributed by atoms with Gasteiger partial charge in [0.25, 0.3) is 5.91 Å². The van der Waals surface area contributed by atoms with E-state index in [9.17, 15) is 4.79 Å². The normalized spacial score (nSPS) is 10.6. The molecule has 0 aliphatic carbocycles. The molecule has 0 radical (unpaired) electrons. The molecule has 7 heteroatoms. The lowest BCUT2D eigenvalue weighted by molar-refractivity contribution is 0.0946. The lowest BCUT2D eigenvalue weighted by atomic mass is 10.3. The van der Waals surface area contributed by atoms with Gasteiger partial charge in [-0.2, -0.15) is 5.10 Å². The van der Waals surface area contributed by atoms with Crippen LogP contribution in [0.2, 0.25) is 0 Å². The lowest BCUT2D eigenvalue weighted by Crippen LogP contribution is -2.23.